The second-order valence-corrected chi connectivity index (χ2v) is 24.4. The van der Waals surface area contributed by atoms with Crippen LogP contribution in [0.4, 0.5) is 4.39 Å². The Morgan fingerprint density at radius 3 is 1.76 bits per heavy atom. The monoisotopic (exact) mass is 1380 g/mol. The van der Waals surface area contributed by atoms with E-state index in [4.69, 9.17) is 33.7 Å². The smallest absolute Gasteiger partial charge is 0.305 e. The third-order valence-corrected chi connectivity index (χ3v) is 16.4. The van der Waals surface area contributed by atoms with E-state index in [-0.39, 0.29) is 49.2 Å². The molecule has 0 aliphatic rings. The number of carbonyl (C=O) groups excluding carboxylic acids is 9. The fraction of sp³-hybridized carbons (Fsp3) is 0.387. The van der Waals surface area contributed by atoms with Crippen LogP contribution in [0.5, 0.6) is 5.75 Å². The number of hydrogen-bond donors (Lipinski definition) is 14. The van der Waals surface area contributed by atoms with Gasteiger partial charge in [-0.05, 0) is 117 Å². The van der Waals surface area contributed by atoms with Gasteiger partial charge in [0.15, 0.2) is 0 Å². The molecule has 5 aromatic rings. The highest BCUT2D eigenvalue weighted by atomic mass is 35.5. The predicted molar refractivity (Wildman–Crippen MR) is 341 cm³/mol. The van der Waals surface area contributed by atoms with Gasteiger partial charge in [0, 0.05) is 77.9 Å². The van der Waals surface area contributed by atoms with Gasteiger partial charge in [-0.2, -0.15) is 4.72 Å². The zero-order valence-corrected chi connectivity index (χ0v) is 53.6. The number of amides is 9. The Kier molecular flexibility index (Phi) is 30.3. The second-order valence-electron chi connectivity index (χ2n) is 21.8. The average Bonchev–Trinajstić information content (AvgIpc) is 1.82. The molecule has 0 saturated carbocycles. The highest BCUT2D eigenvalue weighted by molar-refractivity contribution is 7.89. The number of fused-ring (bicyclic) bond motifs is 1. The number of para-hydroxylation sites is 1. The number of nitrogens with one attached hydrogen (secondary N) is 10. The van der Waals surface area contributed by atoms with Crippen LogP contribution >= 0.6 is 23.2 Å². The first kappa shape index (κ1) is 76.0. The van der Waals surface area contributed by atoms with Crippen LogP contribution in [0, 0.1) is 5.82 Å². The summed E-state index contributed by atoms with van der Waals surface area (Å²) in [5.74, 6) is -13.0. The number of carbonyl (C=O) groups is 12. The average molecular weight is 1380 g/mol. The number of ether oxygens (including phenoxy) is 1. The standard InChI is InChI=1S/C62H74Cl2FN11O18S/c1-94-41-16-18-42(19-17-41)95(92,93)76-50(32-55(83)84)62(91)74-47(21-23-54(81)82)59(88)70-34-52(78)72-48(27-35-10-9-11-40(65)26-35)60(89)75-49(30-37-33-69-44-13-5-4-12-43(37)44)61(90)73-46(20-22-53(79)80)58(87)68-24-7-2-3-15-51(77)71-45(56(66)85)14-6-8-25-67-57(86)36-28-38(63)31-39(64)29-36/h4-5,9-13,16-19,26,28-29,31,33,45-50,69,76H,2-3,6-8,14-15,20-25,27,30,32,34H2,1H3,(H2,66,85)(H,67,86)(H,68,87)(H,70,88)(H,71,77)(H,72,78)(H,73,90)(H,74,91)(H,75,89)(H,79,80)(H,81,82)(H,83,84). The van der Waals surface area contributed by atoms with E-state index in [1.54, 1.807) is 30.5 Å². The molecule has 29 nitrogen and oxygen atoms in total. The van der Waals surface area contributed by atoms with Crippen molar-refractivity contribution in [1.82, 2.24) is 52.2 Å². The maximum absolute atomic E-state index is 14.6. The van der Waals surface area contributed by atoms with Gasteiger partial charge in [-0.15, -0.1) is 0 Å². The zero-order chi connectivity index (χ0) is 69.8. The minimum absolute atomic E-state index is 0.00293. The summed E-state index contributed by atoms with van der Waals surface area (Å²) in [5.41, 5.74) is 7.09. The summed E-state index contributed by atoms with van der Waals surface area (Å²) >= 11 is 12.0. The molecule has 0 aliphatic carbocycles. The van der Waals surface area contributed by atoms with Crippen LogP contribution in [0.1, 0.15) is 98.5 Å². The number of hydrogen-bond acceptors (Lipinski definition) is 15. The molecule has 95 heavy (non-hydrogen) atoms. The summed E-state index contributed by atoms with van der Waals surface area (Å²) in [7, 11) is -3.28. The molecule has 0 spiro atoms. The number of nitrogens with two attached hydrogens (primary N) is 1. The van der Waals surface area contributed by atoms with E-state index in [0.29, 0.717) is 58.6 Å². The Hall–Kier alpha value is -9.72. The van der Waals surface area contributed by atoms with Crippen molar-refractivity contribution in [1.29, 1.82) is 0 Å². The Bertz CT molecular complexity index is 3670. The lowest BCUT2D eigenvalue weighted by atomic mass is 10.0. The van der Waals surface area contributed by atoms with Gasteiger partial charge in [-0.3, -0.25) is 57.5 Å². The lowest BCUT2D eigenvalue weighted by Crippen LogP contribution is -2.58. The van der Waals surface area contributed by atoms with E-state index in [1.807, 2.05) is 4.72 Å². The number of carboxylic acids is 3. The number of rotatable bonds is 41. The number of primary amides is 1. The number of unbranched alkanes of at least 4 members (excludes halogenated alkanes) is 3. The van der Waals surface area contributed by atoms with Crippen molar-refractivity contribution in [3.05, 3.63) is 130 Å². The third kappa shape index (κ3) is 26.3. The summed E-state index contributed by atoms with van der Waals surface area (Å²) in [6, 6.07) is 11.3. The molecule has 6 unspecified atom stereocenters. The fourth-order valence-electron chi connectivity index (χ4n) is 9.57. The van der Waals surface area contributed by atoms with E-state index in [9.17, 15) is 85.7 Å². The van der Waals surface area contributed by atoms with Crippen molar-refractivity contribution >= 4 is 115 Å². The minimum Gasteiger partial charge on any atom is -0.497 e. The Balaban J connectivity index is 1.24. The van der Waals surface area contributed by atoms with Crippen molar-refractivity contribution < 1.29 is 90.4 Å². The molecule has 1 aromatic heterocycles. The van der Waals surface area contributed by atoms with E-state index < -0.39 is 173 Å². The normalized spacial score (nSPS) is 13.1. The summed E-state index contributed by atoms with van der Waals surface area (Å²) in [4.78, 5) is 159. The number of carboxylic acid groups (broad SMARTS) is 3. The summed E-state index contributed by atoms with van der Waals surface area (Å²) in [5, 5.41) is 49.8. The first-order chi connectivity index (χ1) is 45.1. The van der Waals surface area contributed by atoms with Crippen LogP contribution in [0.15, 0.2) is 102 Å². The van der Waals surface area contributed by atoms with Crippen LogP contribution < -0.4 is 57.7 Å². The van der Waals surface area contributed by atoms with Crippen LogP contribution in [0.3, 0.4) is 0 Å². The molecule has 5 rings (SSSR count). The minimum atomic E-state index is -4.61. The molecular weight excluding hydrogens is 1310 g/mol. The van der Waals surface area contributed by atoms with Crippen LogP contribution in [0.25, 0.3) is 10.9 Å². The molecule has 33 heteroatoms. The predicted octanol–water partition coefficient (Wildman–Crippen LogP) is 2.26. The molecule has 4 aromatic carbocycles. The van der Waals surface area contributed by atoms with E-state index >= 15 is 0 Å². The van der Waals surface area contributed by atoms with Gasteiger partial charge < -0.3 is 73.3 Å². The van der Waals surface area contributed by atoms with E-state index in [2.05, 4.69) is 47.5 Å². The highest BCUT2D eigenvalue weighted by Gasteiger charge is 2.34. The number of aliphatic carboxylic acids is 3. The van der Waals surface area contributed by atoms with Crippen LogP contribution in [-0.2, 0) is 75.6 Å². The van der Waals surface area contributed by atoms with E-state index in [0.717, 1.165) is 24.3 Å². The van der Waals surface area contributed by atoms with Gasteiger partial charge in [0.2, 0.25) is 57.3 Å². The fourth-order valence-corrected chi connectivity index (χ4v) is 11.3. The zero-order valence-electron chi connectivity index (χ0n) is 51.3. The molecule has 1 heterocycles. The molecule has 0 bridgehead atoms. The SMILES string of the molecule is COc1ccc(S(=O)(=O)NC(CC(=O)O)C(=O)NC(CCC(=O)O)C(=O)NCC(=O)NC(Cc2cccc(F)c2)C(=O)NC(Cc2c[nH]c3ccccc23)C(=O)NC(CCC(=O)O)C(=O)NCCCCCC(=O)NC(CCCCNC(=O)c2cc(Cl)cc(Cl)c2)C(N)=O)cc1. The molecule has 0 fully saturated rings. The molecule has 15 N–H and O–H groups in total. The van der Waals surface area contributed by atoms with Gasteiger partial charge >= 0.3 is 17.9 Å². The number of aromatic amines is 1. The van der Waals surface area contributed by atoms with Gasteiger partial charge in [0.1, 0.15) is 47.8 Å². The topological polar surface area (TPSA) is 459 Å². The van der Waals surface area contributed by atoms with Gasteiger partial charge in [-0.1, -0.05) is 60.0 Å². The number of sulfonamides is 1. The summed E-state index contributed by atoms with van der Waals surface area (Å²) in [6.45, 7) is -0.733. The lowest BCUT2D eigenvalue weighted by molar-refractivity contribution is -0.140. The van der Waals surface area contributed by atoms with Crippen molar-refractivity contribution in [3.63, 3.8) is 0 Å². The molecule has 0 aliphatic heterocycles. The van der Waals surface area contributed by atoms with Gasteiger partial charge in [0.25, 0.3) is 5.91 Å². The van der Waals surface area contributed by atoms with Crippen molar-refractivity contribution in [3.8, 4) is 5.75 Å². The third-order valence-electron chi connectivity index (χ3n) is 14.4. The van der Waals surface area contributed by atoms with Crippen molar-refractivity contribution in [2.75, 3.05) is 26.7 Å². The number of benzene rings is 4. The largest absolute Gasteiger partial charge is 0.497 e. The Morgan fingerprint density at radius 1 is 0.568 bits per heavy atom. The summed E-state index contributed by atoms with van der Waals surface area (Å²) in [6.07, 6.45) is -0.691. The number of aromatic nitrogens is 1. The van der Waals surface area contributed by atoms with Crippen LogP contribution in [-0.4, -0.2) is 163 Å². The van der Waals surface area contributed by atoms with Crippen LogP contribution in [0.2, 0.25) is 10.0 Å². The van der Waals surface area contributed by atoms with Crippen molar-refractivity contribution in [2.24, 2.45) is 5.73 Å². The maximum atomic E-state index is 14.6. The number of methoxy groups -OCH3 is 1. The van der Waals surface area contributed by atoms with E-state index in [1.165, 1.54) is 49.6 Å². The molecule has 0 saturated heterocycles. The number of H-pyrrole nitrogens is 1. The Morgan fingerprint density at radius 2 is 1.15 bits per heavy atom. The Labute approximate surface area is 554 Å². The highest BCUT2D eigenvalue weighted by Crippen LogP contribution is 2.22. The molecule has 512 valence electrons. The second kappa shape index (κ2) is 37.8. The first-order valence-corrected chi connectivity index (χ1v) is 32.0. The molecule has 6 atom stereocenters. The molecule has 0 radical (unpaired) electrons. The molecule has 9 amide bonds. The van der Waals surface area contributed by atoms with Crippen molar-refractivity contribution in [2.45, 2.75) is 131 Å². The number of halogens is 3. The summed E-state index contributed by atoms with van der Waals surface area (Å²) < 4.78 is 48.1. The first-order valence-electron chi connectivity index (χ1n) is 29.8. The maximum Gasteiger partial charge on any atom is 0.305 e. The van der Waals surface area contributed by atoms with Gasteiger partial charge in [0.05, 0.1) is 25.0 Å². The quantitative estimate of drug-likeness (QED) is 0.0250. The van der Waals surface area contributed by atoms with Gasteiger partial charge in [-0.25, -0.2) is 12.8 Å². The lowest BCUT2D eigenvalue weighted by Gasteiger charge is -2.26. The molecular formula is C62H74Cl2FN11O18S.